The van der Waals surface area contributed by atoms with Gasteiger partial charge in [-0.3, -0.25) is 5.32 Å². The van der Waals surface area contributed by atoms with Crippen molar-refractivity contribution in [2.45, 2.75) is 6.92 Å². The Kier molecular flexibility index (Phi) is 5.21. The zero-order valence-electron chi connectivity index (χ0n) is 13.9. The minimum absolute atomic E-state index is 0.366. The van der Waals surface area contributed by atoms with Crippen molar-refractivity contribution >= 4 is 17.6 Å². The molecule has 0 spiro atoms. The predicted octanol–water partition coefficient (Wildman–Crippen LogP) is 4.20. The summed E-state index contributed by atoms with van der Waals surface area (Å²) in [5.41, 5.74) is 1.79. The van der Waals surface area contributed by atoms with E-state index in [1.165, 1.54) is 0 Å². The fourth-order valence-corrected chi connectivity index (χ4v) is 2.19. The monoisotopic (exact) mass is 333 g/mol. The van der Waals surface area contributed by atoms with Gasteiger partial charge in [0.15, 0.2) is 11.7 Å². The van der Waals surface area contributed by atoms with Crippen LogP contribution in [-0.4, -0.2) is 21.6 Å². The molecule has 2 aromatic carbocycles. The van der Waals surface area contributed by atoms with Gasteiger partial charge in [-0.25, -0.2) is 0 Å². The van der Waals surface area contributed by atoms with Crippen molar-refractivity contribution in [3.05, 3.63) is 73.1 Å². The van der Waals surface area contributed by atoms with Crippen LogP contribution in [0.25, 0.3) is 11.4 Å². The van der Waals surface area contributed by atoms with Crippen LogP contribution in [0.2, 0.25) is 0 Å². The number of hydrogen-bond donors (Lipinski definition) is 2. The first kappa shape index (κ1) is 16.4. The molecule has 0 radical (unpaired) electrons. The summed E-state index contributed by atoms with van der Waals surface area (Å²) >= 11 is 0. The average Bonchev–Trinajstić information content (AvgIpc) is 2.63. The molecule has 126 valence electrons. The van der Waals surface area contributed by atoms with E-state index in [4.69, 9.17) is 4.74 Å². The van der Waals surface area contributed by atoms with Crippen molar-refractivity contribution in [3.8, 4) is 11.4 Å². The Morgan fingerprint density at radius 3 is 2.24 bits per heavy atom. The van der Waals surface area contributed by atoms with Crippen LogP contribution in [0.4, 0.5) is 17.6 Å². The average molecular weight is 333 g/mol. The molecule has 25 heavy (non-hydrogen) atoms. The van der Waals surface area contributed by atoms with Gasteiger partial charge in [-0.15, -0.1) is 0 Å². The van der Waals surface area contributed by atoms with Crippen molar-refractivity contribution < 1.29 is 4.74 Å². The van der Waals surface area contributed by atoms with Crippen molar-refractivity contribution in [2.75, 3.05) is 17.2 Å². The molecule has 1 aromatic heterocycles. The van der Waals surface area contributed by atoms with Gasteiger partial charge < -0.3 is 10.1 Å². The number of anilines is 3. The zero-order valence-corrected chi connectivity index (χ0v) is 13.9. The topological polar surface area (TPSA) is 72.0 Å². The maximum absolute atomic E-state index is 5.32. The van der Waals surface area contributed by atoms with Crippen LogP contribution >= 0.6 is 0 Å². The molecular weight excluding hydrogens is 314 g/mol. The predicted molar refractivity (Wildman–Crippen MR) is 99.4 cm³/mol. The number of ether oxygens (including phenoxy) is 1. The molecule has 6 heteroatoms. The van der Waals surface area contributed by atoms with E-state index in [-0.39, 0.29) is 0 Å². The molecule has 0 saturated carbocycles. The van der Waals surface area contributed by atoms with E-state index in [1.807, 2.05) is 67.6 Å². The van der Waals surface area contributed by atoms with E-state index in [0.29, 0.717) is 30.2 Å². The normalized spacial score (nSPS) is 10.1. The van der Waals surface area contributed by atoms with E-state index in [1.54, 1.807) is 0 Å². The summed E-state index contributed by atoms with van der Waals surface area (Å²) < 4.78 is 5.32. The van der Waals surface area contributed by atoms with Crippen LogP contribution in [-0.2, 0) is 4.74 Å². The van der Waals surface area contributed by atoms with E-state index in [9.17, 15) is 0 Å². The summed E-state index contributed by atoms with van der Waals surface area (Å²) in [6.45, 7) is 6.20. The highest BCUT2D eigenvalue weighted by atomic mass is 16.5. The van der Waals surface area contributed by atoms with Gasteiger partial charge in [0.25, 0.3) is 0 Å². The first-order valence-electron chi connectivity index (χ1n) is 7.97. The van der Waals surface area contributed by atoms with Crippen LogP contribution in [0.5, 0.6) is 0 Å². The van der Waals surface area contributed by atoms with Crippen molar-refractivity contribution in [1.82, 2.24) is 15.0 Å². The third-order valence-electron chi connectivity index (χ3n) is 3.27. The minimum atomic E-state index is 0.366. The van der Waals surface area contributed by atoms with Gasteiger partial charge in [-0.1, -0.05) is 48.5 Å². The molecule has 0 aliphatic rings. The van der Waals surface area contributed by atoms with E-state index < -0.39 is 0 Å². The lowest BCUT2D eigenvalue weighted by Gasteiger charge is -2.12. The molecule has 6 nitrogen and oxygen atoms in total. The van der Waals surface area contributed by atoms with Crippen LogP contribution in [0.1, 0.15) is 6.92 Å². The van der Waals surface area contributed by atoms with Gasteiger partial charge in [0.1, 0.15) is 0 Å². The van der Waals surface area contributed by atoms with E-state index in [0.717, 1.165) is 11.3 Å². The summed E-state index contributed by atoms with van der Waals surface area (Å²) in [6.07, 6.45) is 0. The molecule has 0 aliphatic carbocycles. The number of hydrogen-bond acceptors (Lipinski definition) is 6. The number of nitrogens with one attached hydrogen (secondary N) is 2. The number of rotatable bonds is 7. The molecular formula is C19H19N5O. The van der Waals surface area contributed by atoms with Crippen LogP contribution < -0.4 is 10.6 Å². The molecule has 0 aliphatic heterocycles. The van der Waals surface area contributed by atoms with Gasteiger partial charge in [0.2, 0.25) is 11.9 Å². The Balaban J connectivity index is 1.94. The van der Waals surface area contributed by atoms with E-state index in [2.05, 4.69) is 32.2 Å². The van der Waals surface area contributed by atoms with Gasteiger partial charge in [-0.2, -0.15) is 15.0 Å². The zero-order chi connectivity index (χ0) is 17.5. The Hall–Kier alpha value is -3.41. The van der Waals surface area contributed by atoms with Crippen LogP contribution in [0.3, 0.4) is 0 Å². The highest BCUT2D eigenvalue weighted by Gasteiger charge is 2.10. The first-order valence-corrected chi connectivity index (χ1v) is 7.97. The summed E-state index contributed by atoms with van der Waals surface area (Å²) in [7, 11) is 0. The van der Waals surface area contributed by atoms with Crippen molar-refractivity contribution in [3.63, 3.8) is 0 Å². The third-order valence-corrected chi connectivity index (χ3v) is 3.27. The fraction of sp³-hybridized carbons (Fsp3) is 0.105. The lowest BCUT2D eigenvalue weighted by atomic mass is 10.2. The standard InChI is InChI=1S/C19H19N5O/c1-3-25-14(2)20-18-22-17(15-10-6-4-7-11-15)23-19(24-18)21-16-12-8-5-9-13-16/h4-13H,2-3H2,1H3,(H2,20,21,22,23,24). The molecule has 0 fully saturated rings. The second-order valence-corrected chi connectivity index (χ2v) is 5.14. The van der Waals surface area contributed by atoms with Crippen LogP contribution in [0, 0.1) is 0 Å². The van der Waals surface area contributed by atoms with Crippen LogP contribution in [0.15, 0.2) is 73.1 Å². The Bertz CT molecular complexity index is 837. The fourth-order valence-electron chi connectivity index (χ4n) is 2.19. The lowest BCUT2D eigenvalue weighted by molar-refractivity contribution is 0.236. The highest BCUT2D eigenvalue weighted by Crippen LogP contribution is 2.20. The molecule has 0 bridgehead atoms. The molecule has 2 N–H and O–H groups in total. The minimum Gasteiger partial charge on any atom is -0.480 e. The number of benzene rings is 2. The van der Waals surface area contributed by atoms with Crippen molar-refractivity contribution in [2.24, 2.45) is 0 Å². The Morgan fingerprint density at radius 1 is 0.920 bits per heavy atom. The first-order chi connectivity index (χ1) is 12.2. The Labute approximate surface area is 146 Å². The Morgan fingerprint density at radius 2 is 1.56 bits per heavy atom. The summed E-state index contributed by atoms with van der Waals surface area (Å²) in [6, 6.07) is 19.4. The van der Waals surface area contributed by atoms with E-state index >= 15 is 0 Å². The molecule has 0 amide bonds. The second-order valence-electron chi connectivity index (χ2n) is 5.14. The molecule has 3 rings (SSSR count). The number of aromatic nitrogens is 3. The molecule has 1 heterocycles. The quantitative estimate of drug-likeness (QED) is 0.631. The molecule has 3 aromatic rings. The summed E-state index contributed by atoms with van der Waals surface area (Å²) in [5.74, 6) is 1.75. The SMILES string of the molecule is C=C(Nc1nc(Nc2ccccc2)nc(-c2ccccc2)n1)OCC. The maximum atomic E-state index is 5.32. The maximum Gasteiger partial charge on any atom is 0.234 e. The molecule has 0 saturated heterocycles. The largest absolute Gasteiger partial charge is 0.480 e. The smallest absolute Gasteiger partial charge is 0.234 e. The molecule has 0 unspecified atom stereocenters. The number of para-hydroxylation sites is 1. The van der Waals surface area contributed by atoms with Gasteiger partial charge in [-0.05, 0) is 25.6 Å². The summed E-state index contributed by atoms with van der Waals surface area (Å²) in [4.78, 5) is 13.4. The second kappa shape index (κ2) is 7.92. The van der Waals surface area contributed by atoms with Gasteiger partial charge >= 0.3 is 0 Å². The highest BCUT2D eigenvalue weighted by molar-refractivity contribution is 5.61. The van der Waals surface area contributed by atoms with Gasteiger partial charge in [0.05, 0.1) is 6.61 Å². The third kappa shape index (κ3) is 4.54. The molecule has 0 atom stereocenters. The summed E-state index contributed by atoms with van der Waals surface area (Å²) in [5, 5.41) is 6.15. The van der Waals surface area contributed by atoms with Gasteiger partial charge in [0, 0.05) is 11.3 Å². The lowest BCUT2D eigenvalue weighted by Crippen LogP contribution is -2.09. The van der Waals surface area contributed by atoms with Crippen molar-refractivity contribution in [1.29, 1.82) is 0 Å². The number of nitrogens with zero attached hydrogens (tertiary/aromatic N) is 3.